The van der Waals surface area contributed by atoms with Crippen molar-refractivity contribution in [3.8, 4) is 0 Å². The predicted molar refractivity (Wildman–Crippen MR) is 58.8 cm³/mol. The minimum Gasteiger partial charge on any atom is -0.256 e. The molecular weight excluding hydrogens is 225 g/mol. The second-order valence-corrected chi connectivity index (χ2v) is 2.20. The van der Waals surface area contributed by atoms with Gasteiger partial charge in [-0.3, -0.25) is 4.98 Å². The molecule has 0 N–H and O–H groups in total. The van der Waals surface area contributed by atoms with Gasteiger partial charge in [0, 0.05) is 28.7 Å². The van der Waals surface area contributed by atoms with Crippen molar-refractivity contribution in [3.05, 3.63) is 42.6 Å². The Morgan fingerprint density at radius 1 is 0.923 bits per heavy atom. The van der Waals surface area contributed by atoms with Crippen LogP contribution in [0.5, 0.6) is 0 Å². The predicted octanol–water partition coefficient (Wildman–Crippen LogP) is 2.88. The van der Waals surface area contributed by atoms with Crippen LogP contribution in [0.4, 0.5) is 0 Å². The maximum atomic E-state index is 4.18. The van der Waals surface area contributed by atoms with Crippen LogP contribution < -0.4 is 0 Å². The van der Waals surface area contributed by atoms with E-state index in [-0.39, 0.29) is 17.1 Å². The normalized spacial score (nSPS) is 8.15. The van der Waals surface area contributed by atoms with E-state index in [0.717, 1.165) is 5.52 Å². The van der Waals surface area contributed by atoms with Gasteiger partial charge in [0.05, 0.1) is 5.52 Å². The van der Waals surface area contributed by atoms with Gasteiger partial charge in [-0.15, -0.1) is 0 Å². The smallest absolute Gasteiger partial charge is 0.0701 e. The molecule has 2 aromatic rings. The molecule has 0 unspecified atom stereocenters. The molecule has 0 saturated carbocycles. The third-order valence-corrected chi connectivity index (χ3v) is 1.51. The number of fused-ring (bicyclic) bond motifs is 1. The molecule has 68 valence electrons. The van der Waals surface area contributed by atoms with Crippen LogP contribution in [0.25, 0.3) is 10.9 Å². The molecule has 2 heteroatoms. The number of hydrogen-bond acceptors (Lipinski definition) is 1. The van der Waals surface area contributed by atoms with E-state index in [2.05, 4.69) is 17.1 Å². The molecule has 0 fully saturated rings. The number of benzene rings is 1. The van der Waals surface area contributed by atoms with E-state index >= 15 is 0 Å². The zero-order chi connectivity index (χ0) is 8.81. The van der Waals surface area contributed by atoms with E-state index in [1.807, 2.05) is 44.3 Å². The molecule has 1 nitrogen and oxygen atoms in total. The second kappa shape index (κ2) is 6.64. The maximum absolute atomic E-state index is 4.18. The number of pyridine rings is 1. The van der Waals surface area contributed by atoms with Crippen LogP contribution in [-0.2, 0) is 0 Å². The van der Waals surface area contributed by atoms with Gasteiger partial charge in [0.25, 0.3) is 0 Å². The molecule has 0 aliphatic carbocycles. The molecule has 13 heavy (non-hydrogen) atoms. The fourth-order valence-electron chi connectivity index (χ4n) is 1.02. The van der Waals surface area contributed by atoms with Crippen molar-refractivity contribution < 1.29 is 0 Å². The Balaban J connectivity index is 0.000000451. The fraction of sp³-hybridized carbons (Fsp3) is 0.182. The first kappa shape index (κ1) is 12.1. The first-order chi connectivity index (χ1) is 5.97. The SMILES string of the molecule is CC.[Se].c1ccc2ncccc2c1. The van der Waals surface area contributed by atoms with Gasteiger partial charge in [-0.05, 0) is 12.1 Å². The monoisotopic (exact) mass is 239 g/mol. The molecule has 1 aromatic heterocycles. The van der Waals surface area contributed by atoms with Gasteiger partial charge in [-0.25, -0.2) is 0 Å². The summed E-state index contributed by atoms with van der Waals surface area (Å²) in [5, 5.41) is 1.20. The van der Waals surface area contributed by atoms with Crippen LogP contribution in [0.2, 0.25) is 0 Å². The molecular formula is C11H13NSe. The molecule has 0 saturated heterocycles. The Hall–Kier alpha value is -0.851. The number of aromatic nitrogens is 1. The van der Waals surface area contributed by atoms with E-state index < -0.39 is 0 Å². The number of rotatable bonds is 0. The van der Waals surface area contributed by atoms with Gasteiger partial charge < -0.3 is 0 Å². The van der Waals surface area contributed by atoms with Crippen LogP contribution in [0, 0.1) is 0 Å². The molecule has 0 bridgehead atoms. The summed E-state index contributed by atoms with van der Waals surface area (Å²) in [6.07, 6.45) is 1.81. The topological polar surface area (TPSA) is 12.9 Å². The minimum absolute atomic E-state index is 0. The summed E-state index contributed by atoms with van der Waals surface area (Å²) in [7, 11) is 0. The van der Waals surface area contributed by atoms with Crippen molar-refractivity contribution in [1.82, 2.24) is 4.98 Å². The first-order valence-electron chi connectivity index (χ1n) is 4.26. The van der Waals surface area contributed by atoms with Crippen LogP contribution in [0.15, 0.2) is 42.6 Å². The Bertz CT molecular complexity index is 281. The van der Waals surface area contributed by atoms with Gasteiger partial charge in [-0.1, -0.05) is 38.1 Å². The van der Waals surface area contributed by atoms with Gasteiger partial charge in [0.1, 0.15) is 0 Å². The molecule has 2 rings (SSSR count). The number of nitrogens with zero attached hydrogens (tertiary/aromatic N) is 1. The van der Waals surface area contributed by atoms with Crippen molar-refractivity contribution in [1.29, 1.82) is 0 Å². The summed E-state index contributed by atoms with van der Waals surface area (Å²) >= 11 is 0. The Labute approximate surface area is 89.7 Å². The zero-order valence-corrected chi connectivity index (χ0v) is 9.61. The summed E-state index contributed by atoms with van der Waals surface area (Å²) in [5.74, 6) is 0. The van der Waals surface area contributed by atoms with Crippen LogP contribution in [0.3, 0.4) is 0 Å². The molecule has 0 spiro atoms. The molecule has 1 aromatic carbocycles. The second-order valence-electron chi connectivity index (χ2n) is 2.20. The zero-order valence-electron chi connectivity index (χ0n) is 7.90. The van der Waals surface area contributed by atoms with E-state index in [1.54, 1.807) is 0 Å². The van der Waals surface area contributed by atoms with E-state index in [9.17, 15) is 0 Å². The summed E-state index contributed by atoms with van der Waals surface area (Å²) in [6.45, 7) is 4.00. The quantitative estimate of drug-likeness (QED) is 0.643. The van der Waals surface area contributed by atoms with E-state index in [1.165, 1.54) is 5.39 Å². The minimum atomic E-state index is 0. The average Bonchev–Trinajstić information content (AvgIpc) is 2.21. The largest absolute Gasteiger partial charge is 0.256 e. The molecule has 0 aliphatic rings. The van der Waals surface area contributed by atoms with Gasteiger partial charge in [0.2, 0.25) is 0 Å². The van der Waals surface area contributed by atoms with Crippen molar-refractivity contribution in [3.63, 3.8) is 0 Å². The molecule has 0 aliphatic heterocycles. The van der Waals surface area contributed by atoms with Crippen LogP contribution in [0.1, 0.15) is 13.8 Å². The van der Waals surface area contributed by atoms with Crippen molar-refractivity contribution in [2.75, 3.05) is 0 Å². The summed E-state index contributed by atoms with van der Waals surface area (Å²) in [5.41, 5.74) is 1.06. The van der Waals surface area contributed by atoms with Crippen molar-refractivity contribution in [2.24, 2.45) is 0 Å². The van der Waals surface area contributed by atoms with E-state index in [4.69, 9.17) is 0 Å². The standard InChI is InChI=1S/C9H7N.C2H6.Se/c1-2-6-9-8(4-1)5-3-7-10-9;1-2;/h1-7H;1-2H3;. The van der Waals surface area contributed by atoms with Gasteiger partial charge in [-0.2, -0.15) is 0 Å². The van der Waals surface area contributed by atoms with Gasteiger partial charge >= 0.3 is 0 Å². The Morgan fingerprint density at radius 3 is 2.23 bits per heavy atom. The molecule has 0 atom stereocenters. The van der Waals surface area contributed by atoms with Crippen LogP contribution in [-0.4, -0.2) is 22.1 Å². The molecule has 1 heterocycles. The summed E-state index contributed by atoms with van der Waals surface area (Å²) in [6, 6.07) is 12.1. The summed E-state index contributed by atoms with van der Waals surface area (Å²) in [4.78, 5) is 4.18. The van der Waals surface area contributed by atoms with Crippen molar-refractivity contribution >= 4 is 28.0 Å². The third kappa shape index (κ3) is 3.17. The number of para-hydroxylation sites is 1. The Morgan fingerprint density at radius 2 is 1.54 bits per heavy atom. The average molecular weight is 238 g/mol. The van der Waals surface area contributed by atoms with E-state index in [0.29, 0.717) is 0 Å². The Kier molecular flexibility index (Phi) is 6.21. The number of hydrogen-bond donors (Lipinski definition) is 0. The molecule has 2 radical (unpaired) electrons. The van der Waals surface area contributed by atoms with Crippen LogP contribution >= 0.6 is 0 Å². The van der Waals surface area contributed by atoms with Gasteiger partial charge in [0.15, 0.2) is 0 Å². The third-order valence-electron chi connectivity index (χ3n) is 1.51. The summed E-state index contributed by atoms with van der Waals surface area (Å²) < 4.78 is 0. The maximum Gasteiger partial charge on any atom is 0.0701 e. The fourth-order valence-corrected chi connectivity index (χ4v) is 1.02. The van der Waals surface area contributed by atoms with Crippen molar-refractivity contribution in [2.45, 2.75) is 13.8 Å². The molecule has 0 amide bonds. The first-order valence-corrected chi connectivity index (χ1v) is 4.26.